The maximum absolute atomic E-state index is 12.8. The zero-order valence-electron chi connectivity index (χ0n) is 16.6. The van der Waals surface area contributed by atoms with Crippen LogP contribution in [0, 0.1) is 11.8 Å². The SMILES string of the molecule is CCC[C@H](NC(C)C)C(=O)N[C@H]1CC[C@@H]2CN(Cc3ccccc3)C[C@@H]21. The molecule has 0 radical (unpaired) electrons. The molecule has 1 aliphatic heterocycles. The van der Waals surface area contributed by atoms with Crippen LogP contribution in [0.1, 0.15) is 52.0 Å². The summed E-state index contributed by atoms with van der Waals surface area (Å²) in [7, 11) is 0. The van der Waals surface area contributed by atoms with Gasteiger partial charge in [-0.2, -0.15) is 0 Å². The van der Waals surface area contributed by atoms with Crippen molar-refractivity contribution in [3.8, 4) is 0 Å². The largest absolute Gasteiger partial charge is 0.352 e. The van der Waals surface area contributed by atoms with Gasteiger partial charge < -0.3 is 10.6 Å². The molecule has 4 nitrogen and oxygen atoms in total. The number of nitrogens with zero attached hydrogens (tertiary/aromatic N) is 1. The monoisotopic (exact) mass is 357 g/mol. The molecule has 0 bridgehead atoms. The van der Waals surface area contributed by atoms with E-state index in [-0.39, 0.29) is 11.9 Å². The fraction of sp³-hybridized carbons (Fsp3) is 0.682. The first-order valence-electron chi connectivity index (χ1n) is 10.4. The second kappa shape index (κ2) is 9.01. The normalized spacial score (nSPS) is 26.8. The van der Waals surface area contributed by atoms with Gasteiger partial charge in [-0.05, 0) is 36.7 Å². The first-order valence-corrected chi connectivity index (χ1v) is 10.4. The molecule has 0 unspecified atom stereocenters. The molecular formula is C22H35N3O. The van der Waals surface area contributed by atoms with Crippen LogP contribution in [0.3, 0.4) is 0 Å². The lowest BCUT2D eigenvalue weighted by Crippen LogP contribution is -2.51. The highest BCUT2D eigenvalue weighted by molar-refractivity contribution is 5.82. The molecule has 26 heavy (non-hydrogen) atoms. The number of amides is 1. The highest BCUT2D eigenvalue weighted by atomic mass is 16.2. The first kappa shape index (κ1) is 19.4. The number of hydrogen-bond acceptors (Lipinski definition) is 3. The van der Waals surface area contributed by atoms with Crippen LogP contribution in [0.15, 0.2) is 30.3 Å². The second-order valence-electron chi connectivity index (χ2n) is 8.46. The number of carbonyl (C=O) groups excluding carboxylic acids is 1. The fourth-order valence-corrected chi connectivity index (χ4v) is 4.77. The van der Waals surface area contributed by atoms with Crippen molar-refractivity contribution in [1.29, 1.82) is 0 Å². The highest BCUT2D eigenvalue weighted by Gasteiger charge is 2.43. The fourth-order valence-electron chi connectivity index (χ4n) is 4.77. The Morgan fingerprint density at radius 2 is 1.96 bits per heavy atom. The minimum absolute atomic E-state index is 0.0547. The smallest absolute Gasteiger partial charge is 0.237 e. The molecule has 1 aliphatic carbocycles. The van der Waals surface area contributed by atoms with E-state index in [9.17, 15) is 4.79 Å². The predicted octanol–water partition coefficient (Wildman–Crippen LogP) is 3.18. The number of hydrogen-bond donors (Lipinski definition) is 2. The molecule has 3 rings (SSSR count). The topological polar surface area (TPSA) is 44.4 Å². The molecule has 1 amide bonds. The zero-order valence-corrected chi connectivity index (χ0v) is 16.6. The quantitative estimate of drug-likeness (QED) is 0.751. The van der Waals surface area contributed by atoms with Gasteiger partial charge in [-0.25, -0.2) is 0 Å². The summed E-state index contributed by atoms with van der Waals surface area (Å²) in [6.07, 6.45) is 4.32. The first-order chi connectivity index (χ1) is 12.6. The maximum atomic E-state index is 12.8. The molecule has 0 spiro atoms. The molecule has 1 heterocycles. The lowest BCUT2D eigenvalue weighted by atomic mass is 9.97. The van der Waals surface area contributed by atoms with Crippen molar-refractivity contribution in [3.63, 3.8) is 0 Å². The van der Waals surface area contributed by atoms with E-state index in [1.54, 1.807) is 0 Å². The number of benzene rings is 1. The summed E-state index contributed by atoms with van der Waals surface area (Å²) in [5.41, 5.74) is 1.39. The Morgan fingerprint density at radius 3 is 2.65 bits per heavy atom. The zero-order chi connectivity index (χ0) is 18.5. The molecule has 2 fully saturated rings. The van der Waals surface area contributed by atoms with E-state index in [1.165, 1.54) is 18.5 Å². The van der Waals surface area contributed by atoms with Crippen LogP contribution in [0.4, 0.5) is 0 Å². The summed E-state index contributed by atoms with van der Waals surface area (Å²) in [6.45, 7) is 9.68. The molecule has 1 aromatic carbocycles. The molecule has 1 aromatic rings. The van der Waals surface area contributed by atoms with Crippen LogP contribution in [0.2, 0.25) is 0 Å². The summed E-state index contributed by atoms with van der Waals surface area (Å²) in [6, 6.07) is 11.4. The Balaban J connectivity index is 1.54. The summed E-state index contributed by atoms with van der Waals surface area (Å²) in [4.78, 5) is 15.4. The minimum atomic E-state index is -0.0547. The Labute approximate surface area is 158 Å². The summed E-state index contributed by atoms with van der Waals surface area (Å²) < 4.78 is 0. The number of likely N-dealkylation sites (tertiary alicyclic amines) is 1. The van der Waals surface area contributed by atoms with Gasteiger partial charge in [-0.15, -0.1) is 0 Å². The molecule has 2 N–H and O–H groups in total. The van der Waals surface area contributed by atoms with Crippen molar-refractivity contribution in [3.05, 3.63) is 35.9 Å². The van der Waals surface area contributed by atoms with Gasteiger partial charge in [0.25, 0.3) is 0 Å². The third-order valence-corrected chi connectivity index (χ3v) is 5.94. The lowest BCUT2D eigenvalue weighted by Gasteiger charge is -2.26. The van der Waals surface area contributed by atoms with E-state index in [1.807, 2.05) is 0 Å². The summed E-state index contributed by atoms with van der Waals surface area (Å²) in [5, 5.41) is 6.83. The van der Waals surface area contributed by atoms with Crippen LogP contribution >= 0.6 is 0 Å². The maximum Gasteiger partial charge on any atom is 0.237 e. The summed E-state index contributed by atoms with van der Waals surface area (Å²) in [5.74, 6) is 1.56. The molecule has 4 atom stereocenters. The van der Waals surface area contributed by atoms with Gasteiger partial charge in [0.15, 0.2) is 0 Å². The second-order valence-corrected chi connectivity index (χ2v) is 8.46. The van der Waals surface area contributed by atoms with Crippen molar-refractivity contribution in [2.75, 3.05) is 13.1 Å². The molecule has 1 saturated carbocycles. The van der Waals surface area contributed by atoms with Crippen LogP contribution in [0.5, 0.6) is 0 Å². The van der Waals surface area contributed by atoms with E-state index < -0.39 is 0 Å². The number of nitrogens with one attached hydrogen (secondary N) is 2. The highest BCUT2D eigenvalue weighted by Crippen LogP contribution is 2.38. The van der Waals surface area contributed by atoms with Crippen molar-refractivity contribution >= 4 is 5.91 Å². The van der Waals surface area contributed by atoms with E-state index in [2.05, 4.69) is 66.6 Å². The standard InChI is InChI=1S/C22H35N3O/c1-4-8-21(23-16(2)3)22(26)24-20-12-11-18-14-25(15-19(18)20)13-17-9-6-5-7-10-17/h5-7,9-10,16,18-21,23H,4,8,11-15H2,1-3H3,(H,24,26)/t18-,19+,20+,21+/m1/s1. The van der Waals surface area contributed by atoms with Gasteiger partial charge in [0.2, 0.25) is 5.91 Å². The molecule has 144 valence electrons. The number of fused-ring (bicyclic) bond motifs is 1. The van der Waals surface area contributed by atoms with Crippen molar-refractivity contribution in [2.24, 2.45) is 11.8 Å². The third-order valence-electron chi connectivity index (χ3n) is 5.94. The Bertz CT molecular complexity index is 574. The van der Waals surface area contributed by atoms with Gasteiger partial charge >= 0.3 is 0 Å². The van der Waals surface area contributed by atoms with Crippen LogP contribution < -0.4 is 10.6 Å². The van der Waals surface area contributed by atoms with Crippen LogP contribution in [-0.4, -0.2) is 42.0 Å². The van der Waals surface area contributed by atoms with E-state index in [0.717, 1.165) is 38.3 Å². The Hall–Kier alpha value is -1.39. The lowest BCUT2D eigenvalue weighted by molar-refractivity contribution is -0.124. The van der Waals surface area contributed by atoms with Gasteiger partial charge in [-0.3, -0.25) is 9.69 Å². The molecule has 0 aromatic heterocycles. The van der Waals surface area contributed by atoms with Crippen molar-refractivity contribution in [1.82, 2.24) is 15.5 Å². The molecular weight excluding hydrogens is 322 g/mol. The van der Waals surface area contributed by atoms with Gasteiger partial charge in [-0.1, -0.05) is 57.5 Å². The number of rotatable bonds is 8. The summed E-state index contributed by atoms with van der Waals surface area (Å²) >= 11 is 0. The predicted molar refractivity (Wildman–Crippen MR) is 107 cm³/mol. The average molecular weight is 358 g/mol. The van der Waals surface area contributed by atoms with Gasteiger partial charge in [0, 0.05) is 31.7 Å². The Kier molecular flexibility index (Phi) is 6.71. The van der Waals surface area contributed by atoms with Gasteiger partial charge in [0.05, 0.1) is 6.04 Å². The third kappa shape index (κ3) is 4.86. The molecule has 1 saturated heterocycles. The van der Waals surface area contributed by atoms with E-state index >= 15 is 0 Å². The van der Waals surface area contributed by atoms with Crippen molar-refractivity contribution in [2.45, 2.75) is 71.1 Å². The molecule has 4 heteroatoms. The average Bonchev–Trinajstić information content (AvgIpc) is 3.16. The minimum Gasteiger partial charge on any atom is -0.352 e. The van der Waals surface area contributed by atoms with E-state index in [0.29, 0.717) is 18.0 Å². The van der Waals surface area contributed by atoms with Gasteiger partial charge in [0.1, 0.15) is 0 Å². The van der Waals surface area contributed by atoms with Crippen LogP contribution in [0.25, 0.3) is 0 Å². The van der Waals surface area contributed by atoms with Crippen molar-refractivity contribution < 1.29 is 4.79 Å². The van der Waals surface area contributed by atoms with E-state index in [4.69, 9.17) is 0 Å². The van der Waals surface area contributed by atoms with Crippen LogP contribution in [-0.2, 0) is 11.3 Å². The Morgan fingerprint density at radius 1 is 1.19 bits per heavy atom. The number of carbonyl (C=O) groups is 1. The molecule has 2 aliphatic rings.